The Morgan fingerprint density at radius 3 is 2.50 bits per heavy atom. The molecule has 0 saturated carbocycles. The maximum Gasteiger partial charge on any atom is 0.336 e. The molecule has 5 nitrogen and oxygen atoms in total. The first kappa shape index (κ1) is 18.5. The van der Waals surface area contributed by atoms with E-state index in [1.807, 2.05) is 43.3 Å². The SMILES string of the molecule is COC(=O)C1=C(C)NC2=C(C(=O)c3ccccc32)[C@@H]1c1cc(Br)ccc1OC. The van der Waals surface area contributed by atoms with Gasteiger partial charge in [0.2, 0.25) is 0 Å². The number of methoxy groups -OCH3 is 2. The Labute approximate surface area is 171 Å². The lowest BCUT2D eigenvalue weighted by molar-refractivity contribution is -0.136. The summed E-state index contributed by atoms with van der Waals surface area (Å²) in [6.45, 7) is 1.82. The van der Waals surface area contributed by atoms with Crippen molar-refractivity contribution in [2.75, 3.05) is 14.2 Å². The lowest BCUT2D eigenvalue weighted by Crippen LogP contribution is -2.29. The molecule has 142 valence electrons. The van der Waals surface area contributed by atoms with Gasteiger partial charge in [0.15, 0.2) is 5.78 Å². The molecule has 1 atom stereocenters. The molecular weight excluding hydrogens is 422 g/mol. The van der Waals surface area contributed by atoms with Crippen LogP contribution in [0.2, 0.25) is 0 Å². The molecule has 0 unspecified atom stereocenters. The molecule has 28 heavy (non-hydrogen) atoms. The third-order valence-electron chi connectivity index (χ3n) is 5.16. The normalized spacial score (nSPS) is 17.9. The van der Waals surface area contributed by atoms with Crippen molar-refractivity contribution in [3.8, 4) is 5.75 Å². The number of Topliss-reactive ketones (excluding diaryl/α,β-unsaturated/α-hetero) is 1. The smallest absolute Gasteiger partial charge is 0.336 e. The molecule has 0 spiro atoms. The lowest BCUT2D eigenvalue weighted by Gasteiger charge is -2.30. The number of ether oxygens (including phenoxy) is 2. The molecule has 1 aliphatic carbocycles. The van der Waals surface area contributed by atoms with Crippen LogP contribution in [0.25, 0.3) is 5.70 Å². The highest BCUT2D eigenvalue weighted by molar-refractivity contribution is 9.10. The first-order valence-corrected chi connectivity index (χ1v) is 9.55. The Hall–Kier alpha value is -2.86. The van der Waals surface area contributed by atoms with Gasteiger partial charge in [-0.3, -0.25) is 4.79 Å². The van der Waals surface area contributed by atoms with Crippen LogP contribution < -0.4 is 10.1 Å². The zero-order chi connectivity index (χ0) is 20.0. The number of allylic oxidation sites excluding steroid dienone is 2. The van der Waals surface area contributed by atoms with Crippen LogP contribution in [-0.2, 0) is 9.53 Å². The fourth-order valence-corrected chi connectivity index (χ4v) is 4.33. The highest BCUT2D eigenvalue weighted by atomic mass is 79.9. The monoisotopic (exact) mass is 439 g/mol. The van der Waals surface area contributed by atoms with Gasteiger partial charge in [0, 0.05) is 32.4 Å². The maximum atomic E-state index is 13.3. The largest absolute Gasteiger partial charge is 0.496 e. The first-order chi connectivity index (χ1) is 13.5. The summed E-state index contributed by atoms with van der Waals surface area (Å²) in [4.78, 5) is 26.0. The van der Waals surface area contributed by atoms with Gasteiger partial charge in [0.1, 0.15) is 5.75 Å². The number of halogens is 1. The zero-order valence-corrected chi connectivity index (χ0v) is 17.2. The molecule has 2 aromatic carbocycles. The van der Waals surface area contributed by atoms with Crippen molar-refractivity contribution in [2.24, 2.45) is 0 Å². The van der Waals surface area contributed by atoms with E-state index in [1.54, 1.807) is 13.2 Å². The van der Waals surface area contributed by atoms with Gasteiger partial charge in [-0.1, -0.05) is 40.2 Å². The van der Waals surface area contributed by atoms with Crippen molar-refractivity contribution in [1.29, 1.82) is 0 Å². The Balaban J connectivity index is 2.01. The van der Waals surface area contributed by atoms with Crippen LogP contribution in [-0.4, -0.2) is 26.0 Å². The van der Waals surface area contributed by atoms with E-state index in [9.17, 15) is 9.59 Å². The lowest BCUT2D eigenvalue weighted by atomic mass is 9.79. The third kappa shape index (κ3) is 2.67. The van der Waals surface area contributed by atoms with E-state index in [-0.39, 0.29) is 5.78 Å². The van der Waals surface area contributed by atoms with Crippen LogP contribution in [0.4, 0.5) is 0 Å². The Bertz CT molecular complexity index is 1080. The van der Waals surface area contributed by atoms with Gasteiger partial charge >= 0.3 is 5.97 Å². The Morgan fingerprint density at radius 1 is 1.11 bits per heavy atom. The van der Waals surface area contributed by atoms with Crippen LogP contribution in [0, 0.1) is 0 Å². The summed E-state index contributed by atoms with van der Waals surface area (Å²) >= 11 is 3.49. The summed E-state index contributed by atoms with van der Waals surface area (Å²) in [5.74, 6) is -0.581. The average Bonchev–Trinajstić information content (AvgIpc) is 2.98. The fourth-order valence-electron chi connectivity index (χ4n) is 3.95. The van der Waals surface area contributed by atoms with Gasteiger partial charge in [-0.25, -0.2) is 4.79 Å². The van der Waals surface area contributed by atoms with E-state index in [1.165, 1.54) is 7.11 Å². The number of esters is 1. The number of carbonyl (C=O) groups is 2. The number of carbonyl (C=O) groups excluding carboxylic acids is 2. The van der Waals surface area contributed by atoms with E-state index >= 15 is 0 Å². The van der Waals surface area contributed by atoms with Crippen molar-refractivity contribution >= 4 is 33.4 Å². The highest BCUT2D eigenvalue weighted by Gasteiger charge is 2.43. The first-order valence-electron chi connectivity index (χ1n) is 8.75. The number of rotatable bonds is 3. The minimum absolute atomic E-state index is 0.0981. The number of fused-ring (bicyclic) bond motifs is 2. The second-order valence-electron chi connectivity index (χ2n) is 6.64. The number of nitrogens with one attached hydrogen (secondary N) is 1. The molecule has 0 aromatic heterocycles. The van der Waals surface area contributed by atoms with E-state index in [4.69, 9.17) is 9.47 Å². The van der Waals surface area contributed by atoms with Crippen molar-refractivity contribution in [3.05, 3.63) is 80.5 Å². The summed E-state index contributed by atoms with van der Waals surface area (Å²) in [6.07, 6.45) is 0. The maximum absolute atomic E-state index is 13.3. The summed E-state index contributed by atoms with van der Waals surface area (Å²) in [7, 11) is 2.91. The number of ketones is 1. The molecule has 0 bridgehead atoms. The van der Waals surface area contributed by atoms with Crippen LogP contribution in [0.15, 0.2) is 63.8 Å². The van der Waals surface area contributed by atoms with Crippen molar-refractivity contribution in [3.63, 3.8) is 0 Å². The number of hydrogen-bond acceptors (Lipinski definition) is 5. The molecule has 0 amide bonds. The molecule has 0 saturated heterocycles. The van der Waals surface area contributed by atoms with Gasteiger partial charge in [-0.05, 0) is 25.1 Å². The van der Waals surface area contributed by atoms with Gasteiger partial charge in [-0.2, -0.15) is 0 Å². The predicted octanol–water partition coefficient (Wildman–Crippen LogP) is 4.20. The second kappa shape index (κ2) is 6.95. The molecule has 6 heteroatoms. The van der Waals surface area contributed by atoms with E-state index in [0.29, 0.717) is 28.2 Å². The highest BCUT2D eigenvalue weighted by Crippen LogP contribution is 2.49. The molecule has 0 fully saturated rings. The van der Waals surface area contributed by atoms with Crippen molar-refractivity contribution in [1.82, 2.24) is 5.32 Å². The molecule has 4 rings (SSSR count). The second-order valence-corrected chi connectivity index (χ2v) is 7.55. The van der Waals surface area contributed by atoms with E-state index < -0.39 is 11.9 Å². The average molecular weight is 440 g/mol. The third-order valence-corrected chi connectivity index (χ3v) is 5.65. The standard InChI is InChI=1S/C22H18BrNO4/c1-11-17(22(26)28-3)18(15-10-12(23)8-9-16(15)27-2)19-20(24-11)13-6-4-5-7-14(13)21(19)25/h4-10,18,24H,1-3H3/t18-/m1/s1. The number of benzene rings is 2. The molecule has 1 heterocycles. The van der Waals surface area contributed by atoms with Gasteiger partial charge < -0.3 is 14.8 Å². The Kier molecular flexibility index (Phi) is 4.59. The number of dihydropyridines is 1. The van der Waals surface area contributed by atoms with E-state index in [0.717, 1.165) is 21.3 Å². The molecule has 1 N–H and O–H groups in total. The molecule has 2 aromatic rings. The van der Waals surface area contributed by atoms with Crippen LogP contribution in [0.1, 0.15) is 34.3 Å². The summed E-state index contributed by atoms with van der Waals surface area (Å²) in [6, 6.07) is 13.0. The molecule has 2 aliphatic rings. The van der Waals surface area contributed by atoms with Gasteiger partial charge in [0.25, 0.3) is 0 Å². The summed E-state index contributed by atoms with van der Waals surface area (Å²) in [5.41, 5.74) is 4.51. The predicted molar refractivity (Wildman–Crippen MR) is 109 cm³/mol. The Morgan fingerprint density at radius 2 is 1.82 bits per heavy atom. The molecule has 1 aliphatic heterocycles. The minimum atomic E-state index is -0.601. The fraction of sp³-hybridized carbons (Fsp3) is 0.182. The van der Waals surface area contributed by atoms with E-state index in [2.05, 4.69) is 21.2 Å². The quantitative estimate of drug-likeness (QED) is 0.725. The molecule has 0 radical (unpaired) electrons. The molecular formula is C22H18BrNO4. The summed E-state index contributed by atoms with van der Waals surface area (Å²) in [5, 5.41) is 3.27. The topological polar surface area (TPSA) is 64.6 Å². The summed E-state index contributed by atoms with van der Waals surface area (Å²) < 4.78 is 11.4. The van der Waals surface area contributed by atoms with Gasteiger partial charge in [-0.15, -0.1) is 0 Å². The van der Waals surface area contributed by atoms with Crippen molar-refractivity contribution < 1.29 is 19.1 Å². The van der Waals surface area contributed by atoms with Crippen LogP contribution >= 0.6 is 15.9 Å². The van der Waals surface area contributed by atoms with Crippen molar-refractivity contribution in [2.45, 2.75) is 12.8 Å². The number of hydrogen-bond donors (Lipinski definition) is 1. The van der Waals surface area contributed by atoms with Crippen LogP contribution in [0.5, 0.6) is 5.75 Å². The van der Waals surface area contributed by atoms with Crippen LogP contribution in [0.3, 0.4) is 0 Å². The van der Waals surface area contributed by atoms with Gasteiger partial charge in [0.05, 0.1) is 31.4 Å². The zero-order valence-electron chi connectivity index (χ0n) is 15.6. The minimum Gasteiger partial charge on any atom is -0.496 e.